The van der Waals surface area contributed by atoms with Gasteiger partial charge in [0.25, 0.3) is 5.92 Å². The summed E-state index contributed by atoms with van der Waals surface area (Å²) in [5.74, 6) is -4.25. The summed E-state index contributed by atoms with van der Waals surface area (Å²) in [7, 11) is 0. The van der Waals surface area contributed by atoms with Crippen molar-refractivity contribution < 1.29 is 18.3 Å². The Morgan fingerprint density at radius 1 is 1.32 bits per heavy atom. The quantitative estimate of drug-likeness (QED) is 0.599. The van der Waals surface area contributed by atoms with Crippen molar-refractivity contribution in [1.82, 2.24) is 0 Å². The summed E-state index contributed by atoms with van der Waals surface area (Å²) in [6.07, 6.45) is 3.39. The Hall–Kier alpha value is -1.71. The molecule has 2 rings (SSSR count). The zero-order chi connectivity index (χ0) is 13.7. The first-order valence-electron chi connectivity index (χ1n) is 6.35. The van der Waals surface area contributed by atoms with E-state index < -0.39 is 17.8 Å². The molecule has 0 unspecified atom stereocenters. The lowest BCUT2D eigenvalue weighted by molar-refractivity contribution is -0.139. The molecule has 1 aliphatic carbocycles. The van der Waals surface area contributed by atoms with Crippen LogP contribution in [-0.4, -0.2) is 11.9 Å². The minimum Gasteiger partial charge on any atom is -0.458 e. The van der Waals surface area contributed by atoms with Crippen LogP contribution in [0.1, 0.15) is 24.8 Å². The van der Waals surface area contributed by atoms with Gasteiger partial charge in [-0.15, -0.1) is 0 Å². The minimum absolute atomic E-state index is 0.0962. The molecular weight excluding hydrogens is 250 g/mol. The lowest BCUT2D eigenvalue weighted by Crippen LogP contribution is -2.31. The van der Waals surface area contributed by atoms with Gasteiger partial charge in [0, 0.05) is 12.0 Å². The maximum Gasteiger partial charge on any atom is 0.330 e. The van der Waals surface area contributed by atoms with Gasteiger partial charge in [-0.2, -0.15) is 0 Å². The maximum atomic E-state index is 13.5. The van der Waals surface area contributed by atoms with Gasteiger partial charge in [-0.3, -0.25) is 0 Å². The van der Waals surface area contributed by atoms with Gasteiger partial charge in [0.05, 0.1) is 0 Å². The van der Waals surface area contributed by atoms with Gasteiger partial charge in [0.2, 0.25) is 0 Å². The molecule has 0 aromatic heterocycles. The fourth-order valence-electron chi connectivity index (χ4n) is 1.89. The summed E-state index contributed by atoms with van der Waals surface area (Å²) in [4.78, 5) is 11.3. The summed E-state index contributed by atoms with van der Waals surface area (Å²) < 4.78 is 31.9. The molecule has 4 heteroatoms. The van der Waals surface area contributed by atoms with Crippen LogP contribution in [0, 0.1) is 5.92 Å². The second-order valence-corrected chi connectivity index (χ2v) is 4.73. The number of esters is 1. The molecular formula is C15H16F2O2. The highest BCUT2D eigenvalue weighted by Gasteiger charge is 2.40. The Morgan fingerprint density at radius 2 is 2.00 bits per heavy atom. The summed E-state index contributed by atoms with van der Waals surface area (Å²) in [6.45, 7) is 0.0962. The number of ether oxygens (including phenoxy) is 1. The minimum atomic E-state index is -2.90. The van der Waals surface area contributed by atoms with Crippen LogP contribution in [0.5, 0.6) is 0 Å². The van der Waals surface area contributed by atoms with Crippen LogP contribution >= 0.6 is 0 Å². The van der Waals surface area contributed by atoms with Crippen molar-refractivity contribution in [2.24, 2.45) is 5.92 Å². The van der Waals surface area contributed by atoms with E-state index in [4.69, 9.17) is 4.74 Å². The van der Waals surface area contributed by atoms with Crippen molar-refractivity contribution >= 4 is 5.97 Å². The van der Waals surface area contributed by atoms with Crippen LogP contribution in [0.15, 0.2) is 42.5 Å². The van der Waals surface area contributed by atoms with Crippen LogP contribution in [-0.2, 0) is 16.1 Å². The molecule has 0 N–H and O–H groups in total. The van der Waals surface area contributed by atoms with E-state index in [2.05, 4.69) is 0 Å². The Bertz CT molecular complexity index is 450. The van der Waals surface area contributed by atoms with E-state index in [0.29, 0.717) is 18.9 Å². The Balaban J connectivity index is 1.80. The highest BCUT2D eigenvalue weighted by molar-refractivity contribution is 5.82. The highest BCUT2D eigenvalue weighted by Crippen LogP contribution is 2.40. The number of carbonyl (C=O) groups excluding carboxylic acids is 1. The molecule has 0 heterocycles. The van der Waals surface area contributed by atoms with Crippen LogP contribution in [0.4, 0.5) is 8.78 Å². The van der Waals surface area contributed by atoms with E-state index >= 15 is 0 Å². The van der Waals surface area contributed by atoms with Crippen LogP contribution in [0.25, 0.3) is 0 Å². The van der Waals surface area contributed by atoms with Crippen molar-refractivity contribution in [3.8, 4) is 0 Å². The summed E-state index contributed by atoms with van der Waals surface area (Å²) in [5, 5.41) is 0. The molecule has 0 amide bonds. The largest absolute Gasteiger partial charge is 0.458 e. The molecule has 0 radical (unpaired) electrons. The molecule has 1 aromatic rings. The normalized spacial score (nSPS) is 16.3. The summed E-state index contributed by atoms with van der Waals surface area (Å²) in [6, 6.07) is 9.11. The predicted molar refractivity (Wildman–Crippen MR) is 67.7 cm³/mol. The summed E-state index contributed by atoms with van der Waals surface area (Å²) >= 11 is 0. The number of rotatable bonds is 5. The van der Waals surface area contributed by atoms with E-state index in [1.54, 1.807) is 12.1 Å². The third kappa shape index (κ3) is 3.88. The average Bonchev–Trinajstić information content (AvgIpc) is 2.32. The number of benzene rings is 1. The fourth-order valence-corrected chi connectivity index (χ4v) is 1.89. The van der Waals surface area contributed by atoms with Crippen molar-refractivity contribution in [1.29, 1.82) is 0 Å². The molecule has 1 aromatic carbocycles. The lowest BCUT2D eigenvalue weighted by Gasteiger charge is -2.31. The van der Waals surface area contributed by atoms with Gasteiger partial charge >= 0.3 is 5.97 Å². The van der Waals surface area contributed by atoms with Gasteiger partial charge in [0.15, 0.2) is 0 Å². The average molecular weight is 266 g/mol. The van der Waals surface area contributed by atoms with E-state index in [9.17, 15) is 13.6 Å². The molecule has 1 aliphatic rings. The van der Waals surface area contributed by atoms with E-state index in [1.165, 1.54) is 0 Å². The lowest BCUT2D eigenvalue weighted by atomic mass is 9.80. The first kappa shape index (κ1) is 13.7. The van der Waals surface area contributed by atoms with Gasteiger partial charge in [-0.25, -0.2) is 13.6 Å². The second-order valence-electron chi connectivity index (χ2n) is 4.73. The maximum absolute atomic E-state index is 13.5. The van der Waals surface area contributed by atoms with Gasteiger partial charge in [-0.05, 0) is 24.5 Å². The third-order valence-corrected chi connectivity index (χ3v) is 3.32. The second kappa shape index (κ2) is 5.95. The number of halogens is 2. The molecule has 0 atom stereocenters. The number of hydrogen-bond donors (Lipinski definition) is 0. The standard InChI is InChI=1S/C15H16F2O2/c16-15(17,13-7-4-8-13)10-9-14(18)19-11-12-5-2-1-3-6-12/h1-3,5-6,9-10,13H,4,7-8,11H2. The molecule has 0 saturated heterocycles. The molecule has 102 valence electrons. The highest BCUT2D eigenvalue weighted by atomic mass is 19.3. The summed E-state index contributed by atoms with van der Waals surface area (Å²) in [5.41, 5.74) is 0.829. The fraction of sp³-hybridized carbons (Fsp3) is 0.400. The molecule has 1 saturated carbocycles. The van der Waals surface area contributed by atoms with Crippen LogP contribution < -0.4 is 0 Å². The monoisotopic (exact) mass is 266 g/mol. The van der Waals surface area contributed by atoms with Crippen molar-refractivity contribution in [3.63, 3.8) is 0 Å². The topological polar surface area (TPSA) is 26.3 Å². The Kier molecular flexibility index (Phi) is 4.30. The zero-order valence-electron chi connectivity index (χ0n) is 10.5. The van der Waals surface area contributed by atoms with Crippen molar-refractivity contribution in [2.45, 2.75) is 31.8 Å². The van der Waals surface area contributed by atoms with Crippen LogP contribution in [0.3, 0.4) is 0 Å². The van der Waals surface area contributed by atoms with Crippen molar-refractivity contribution in [2.75, 3.05) is 0 Å². The smallest absolute Gasteiger partial charge is 0.330 e. The number of alkyl halides is 2. The Labute approximate surface area is 111 Å². The molecule has 0 bridgehead atoms. The first-order valence-corrected chi connectivity index (χ1v) is 6.35. The van der Waals surface area contributed by atoms with E-state index in [1.807, 2.05) is 18.2 Å². The van der Waals surface area contributed by atoms with Crippen LogP contribution in [0.2, 0.25) is 0 Å². The number of hydrogen-bond acceptors (Lipinski definition) is 2. The van der Waals surface area contributed by atoms with Crippen molar-refractivity contribution in [3.05, 3.63) is 48.0 Å². The third-order valence-electron chi connectivity index (χ3n) is 3.32. The van der Waals surface area contributed by atoms with Gasteiger partial charge in [0.1, 0.15) is 6.61 Å². The first-order chi connectivity index (χ1) is 9.08. The van der Waals surface area contributed by atoms with E-state index in [-0.39, 0.29) is 6.61 Å². The van der Waals surface area contributed by atoms with Gasteiger partial charge < -0.3 is 4.74 Å². The number of carbonyl (C=O) groups is 1. The Morgan fingerprint density at radius 3 is 2.58 bits per heavy atom. The zero-order valence-corrected chi connectivity index (χ0v) is 10.5. The van der Waals surface area contributed by atoms with Gasteiger partial charge in [-0.1, -0.05) is 36.8 Å². The molecule has 1 fully saturated rings. The molecule has 0 spiro atoms. The van der Waals surface area contributed by atoms with E-state index in [0.717, 1.165) is 18.1 Å². The predicted octanol–water partition coefficient (Wildman–Crippen LogP) is 3.72. The molecule has 0 aliphatic heterocycles. The number of allylic oxidation sites excluding steroid dienone is 1. The molecule has 2 nitrogen and oxygen atoms in total. The molecule has 19 heavy (non-hydrogen) atoms. The SMILES string of the molecule is O=C(C=CC(F)(F)C1CCC1)OCc1ccccc1.